The lowest BCUT2D eigenvalue weighted by Crippen LogP contribution is -2.28. The first-order valence-electron chi connectivity index (χ1n) is 5.88. The standard InChI is InChI=1S/C14H13BrN2O/c15-13-6-2-1-5-11(13)9-12(10-16)14(18)17-7-3-4-8-17/h1-2,5-6,9H,3-4,7-8H2. The van der Waals surface area contributed by atoms with Gasteiger partial charge in [-0.05, 0) is 30.5 Å². The molecule has 1 saturated heterocycles. The van der Waals surface area contributed by atoms with Crippen LogP contribution in [0, 0.1) is 11.3 Å². The van der Waals surface area contributed by atoms with E-state index in [1.54, 1.807) is 11.0 Å². The number of rotatable bonds is 2. The summed E-state index contributed by atoms with van der Waals surface area (Å²) in [6, 6.07) is 9.55. The molecule has 4 heteroatoms. The van der Waals surface area contributed by atoms with E-state index in [0.29, 0.717) is 0 Å². The molecule has 0 aliphatic carbocycles. The normalized spacial score (nSPS) is 15.6. The highest BCUT2D eigenvalue weighted by atomic mass is 79.9. The first-order valence-corrected chi connectivity index (χ1v) is 6.67. The van der Waals surface area contributed by atoms with Gasteiger partial charge in [0.2, 0.25) is 0 Å². The lowest BCUT2D eigenvalue weighted by Gasteiger charge is -2.14. The van der Waals surface area contributed by atoms with Gasteiger partial charge in [0.25, 0.3) is 5.91 Å². The van der Waals surface area contributed by atoms with Gasteiger partial charge >= 0.3 is 0 Å². The van der Waals surface area contributed by atoms with Crippen molar-refractivity contribution in [1.82, 2.24) is 4.90 Å². The highest BCUT2D eigenvalue weighted by molar-refractivity contribution is 9.10. The topological polar surface area (TPSA) is 44.1 Å². The Hall–Kier alpha value is -1.60. The molecule has 1 fully saturated rings. The van der Waals surface area contributed by atoms with Crippen molar-refractivity contribution in [1.29, 1.82) is 5.26 Å². The van der Waals surface area contributed by atoms with Crippen molar-refractivity contribution < 1.29 is 4.79 Å². The molecule has 0 radical (unpaired) electrons. The number of nitriles is 1. The molecule has 1 aliphatic rings. The van der Waals surface area contributed by atoms with E-state index in [2.05, 4.69) is 15.9 Å². The molecule has 1 amide bonds. The molecule has 1 aromatic rings. The average Bonchev–Trinajstić information content (AvgIpc) is 2.91. The van der Waals surface area contributed by atoms with Gasteiger partial charge in [0.1, 0.15) is 11.6 Å². The molecule has 1 heterocycles. The third-order valence-corrected chi connectivity index (χ3v) is 3.67. The SMILES string of the molecule is N#CC(=Cc1ccccc1Br)C(=O)N1CCCC1. The van der Waals surface area contributed by atoms with Crippen LogP contribution in [0.5, 0.6) is 0 Å². The molecule has 0 N–H and O–H groups in total. The predicted molar refractivity (Wildman–Crippen MR) is 73.5 cm³/mol. The summed E-state index contributed by atoms with van der Waals surface area (Å²) in [7, 11) is 0. The maximum Gasteiger partial charge on any atom is 0.264 e. The van der Waals surface area contributed by atoms with Crippen LogP contribution in [0.3, 0.4) is 0 Å². The average molecular weight is 305 g/mol. The summed E-state index contributed by atoms with van der Waals surface area (Å²) in [4.78, 5) is 13.9. The number of halogens is 1. The fraction of sp³-hybridized carbons (Fsp3) is 0.286. The molecule has 0 saturated carbocycles. The lowest BCUT2D eigenvalue weighted by atomic mass is 10.1. The van der Waals surface area contributed by atoms with Crippen LogP contribution in [0.1, 0.15) is 18.4 Å². The maximum absolute atomic E-state index is 12.1. The van der Waals surface area contributed by atoms with E-state index < -0.39 is 0 Å². The Labute approximate surface area is 115 Å². The number of hydrogen-bond donors (Lipinski definition) is 0. The minimum absolute atomic E-state index is 0.161. The van der Waals surface area contributed by atoms with Crippen LogP contribution < -0.4 is 0 Å². The molecule has 0 aromatic heterocycles. The fourth-order valence-electron chi connectivity index (χ4n) is 1.98. The van der Waals surface area contributed by atoms with Crippen LogP contribution in [0.2, 0.25) is 0 Å². The maximum atomic E-state index is 12.1. The van der Waals surface area contributed by atoms with Crippen molar-refractivity contribution >= 4 is 27.9 Å². The fourth-order valence-corrected chi connectivity index (χ4v) is 2.38. The Kier molecular flexibility index (Phi) is 4.16. The summed E-state index contributed by atoms with van der Waals surface area (Å²) in [5, 5.41) is 9.13. The molecule has 0 bridgehead atoms. The Balaban J connectivity index is 2.26. The van der Waals surface area contributed by atoms with Gasteiger partial charge < -0.3 is 4.90 Å². The predicted octanol–water partition coefficient (Wildman–Crippen LogP) is 2.98. The smallest absolute Gasteiger partial charge is 0.264 e. The van der Waals surface area contributed by atoms with Gasteiger partial charge in [-0.2, -0.15) is 5.26 Å². The Bertz CT molecular complexity index is 525. The van der Waals surface area contributed by atoms with Gasteiger partial charge in [0, 0.05) is 17.6 Å². The van der Waals surface area contributed by atoms with E-state index in [1.807, 2.05) is 30.3 Å². The van der Waals surface area contributed by atoms with Gasteiger partial charge in [0.15, 0.2) is 0 Å². The van der Waals surface area contributed by atoms with Crippen molar-refractivity contribution in [3.63, 3.8) is 0 Å². The Morgan fingerprint density at radius 1 is 1.33 bits per heavy atom. The number of amides is 1. The van der Waals surface area contributed by atoms with Gasteiger partial charge in [0.05, 0.1) is 0 Å². The van der Waals surface area contributed by atoms with Gasteiger partial charge in [-0.15, -0.1) is 0 Å². The molecular weight excluding hydrogens is 292 g/mol. The van der Waals surface area contributed by atoms with Crippen LogP contribution >= 0.6 is 15.9 Å². The quantitative estimate of drug-likeness (QED) is 0.623. The number of likely N-dealkylation sites (tertiary alicyclic amines) is 1. The molecule has 18 heavy (non-hydrogen) atoms. The summed E-state index contributed by atoms with van der Waals surface area (Å²) < 4.78 is 0.881. The van der Waals surface area contributed by atoms with Crippen LogP contribution in [-0.2, 0) is 4.79 Å². The number of nitrogens with zero attached hydrogens (tertiary/aromatic N) is 2. The number of hydrogen-bond acceptors (Lipinski definition) is 2. The molecule has 0 spiro atoms. The number of benzene rings is 1. The highest BCUT2D eigenvalue weighted by Crippen LogP contribution is 2.20. The largest absolute Gasteiger partial charge is 0.338 e. The summed E-state index contributed by atoms with van der Waals surface area (Å²) in [5.74, 6) is -0.161. The van der Waals surface area contributed by atoms with E-state index in [9.17, 15) is 4.79 Å². The Morgan fingerprint density at radius 2 is 2.00 bits per heavy atom. The van der Waals surface area contributed by atoms with Crippen LogP contribution in [0.25, 0.3) is 6.08 Å². The van der Waals surface area contributed by atoms with E-state index >= 15 is 0 Å². The first-order chi connectivity index (χ1) is 8.72. The second-order valence-corrected chi connectivity index (χ2v) is 5.04. The first kappa shape index (κ1) is 12.8. The van der Waals surface area contributed by atoms with E-state index in [1.165, 1.54) is 0 Å². The zero-order valence-corrected chi connectivity index (χ0v) is 11.5. The second kappa shape index (κ2) is 5.83. The molecule has 2 rings (SSSR count). The van der Waals surface area contributed by atoms with Crippen LogP contribution in [0.15, 0.2) is 34.3 Å². The lowest BCUT2D eigenvalue weighted by molar-refractivity contribution is -0.125. The van der Waals surface area contributed by atoms with E-state index in [0.717, 1.165) is 36.0 Å². The van der Waals surface area contributed by atoms with Crippen molar-refractivity contribution in [2.24, 2.45) is 0 Å². The van der Waals surface area contributed by atoms with Crippen LogP contribution in [-0.4, -0.2) is 23.9 Å². The van der Waals surface area contributed by atoms with E-state index in [-0.39, 0.29) is 11.5 Å². The molecule has 0 atom stereocenters. The third kappa shape index (κ3) is 2.80. The van der Waals surface area contributed by atoms with E-state index in [4.69, 9.17) is 5.26 Å². The van der Waals surface area contributed by atoms with Crippen LogP contribution in [0.4, 0.5) is 0 Å². The molecule has 3 nitrogen and oxygen atoms in total. The molecule has 1 aliphatic heterocycles. The minimum Gasteiger partial charge on any atom is -0.338 e. The summed E-state index contributed by atoms with van der Waals surface area (Å²) in [5.41, 5.74) is 1.05. The summed E-state index contributed by atoms with van der Waals surface area (Å²) in [6.07, 6.45) is 3.70. The number of carbonyl (C=O) groups is 1. The van der Waals surface area contributed by atoms with Crippen molar-refractivity contribution in [2.75, 3.05) is 13.1 Å². The zero-order chi connectivity index (χ0) is 13.0. The number of carbonyl (C=O) groups excluding carboxylic acids is 1. The molecule has 1 aromatic carbocycles. The van der Waals surface area contributed by atoms with Gasteiger partial charge in [-0.3, -0.25) is 4.79 Å². The van der Waals surface area contributed by atoms with Crippen molar-refractivity contribution in [2.45, 2.75) is 12.8 Å². The molecule has 0 unspecified atom stereocenters. The summed E-state index contributed by atoms with van der Waals surface area (Å²) >= 11 is 3.41. The van der Waals surface area contributed by atoms with Crippen molar-refractivity contribution in [3.8, 4) is 6.07 Å². The molecular formula is C14H13BrN2O. The van der Waals surface area contributed by atoms with Gasteiger partial charge in [-0.25, -0.2) is 0 Å². The Morgan fingerprint density at radius 3 is 2.61 bits per heavy atom. The molecule has 92 valence electrons. The summed E-state index contributed by atoms with van der Waals surface area (Å²) in [6.45, 7) is 1.52. The minimum atomic E-state index is -0.161. The highest BCUT2D eigenvalue weighted by Gasteiger charge is 2.21. The monoisotopic (exact) mass is 304 g/mol. The van der Waals surface area contributed by atoms with Gasteiger partial charge in [-0.1, -0.05) is 34.1 Å². The third-order valence-electron chi connectivity index (χ3n) is 2.95. The second-order valence-electron chi connectivity index (χ2n) is 4.19. The van der Waals surface area contributed by atoms with Crippen molar-refractivity contribution in [3.05, 3.63) is 39.9 Å². The zero-order valence-electron chi connectivity index (χ0n) is 9.90.